The summed E-state index contributed by atoms with van der Waals surface area (Å²) in [6.45, 7) is 12.5. The first kappa shape index (κ1) is 19.6. The van der Waals surface area contributed by atoms with E-state index in [-0.39, 0.29) is 5.56 Å². The summed E-state index contributed by atoms with van der Waals surface area (Å²) in [6.07, 6.45) is 1.98. The molecular formula is C25H31N3O2. The predicted molar refractivity (Wildman–Crippen MR) is 121 cm³/mol. The van der Waals surface area contributed by atoms with Gasteiger partial charge in [-0.3, -0.25) is 9.69 Å². The van der Waals surface area contributed by atoms with E-state index in [2.05, 4.69) is 48.9 Å². The number of benzene rings is 1. The third-order valence-electron chi connectivity index (χ3n) is 7.16. The zero-order valence-corrected chi connectivity index (χ0v) is 18.6. The van der Waals surface area contributed by atoms with Crippen molar-refractivity contribution in [3.8, 4) is 11.3 Å². The summed E-state index contributed by atoms with van der Waals surface area (Å²) in [5.41, 5.74) is 8.17. The van der Waals surface area contributed by atoms with Crippen molar-refractivity contribution in [2.45, 2.75) is 45.6 Å². The number of H-pyrrole nitrogens is 1. The molecule has 2 aliphatic heterocycles. The van der Waals surface area contributed by atoms with Crippen molar-refractivity contribution in [2.75, 3.05) is 26.3 Å². The number of rotatable bonds is 4. The highest BCUT2D eigenvalue weighted by Gasteiger charge is 2.36. The summed E-state index contributed by atoms with van der Waals surface area (Å²) in [6, 6.07) is 7.55. The summed E-state index contributed by atoms with van der Waals surface area (Å²) in [5, 5.41) is 1.31. The average molecular weight is 406 g/mol. The lowest BCUT2D eigenvalue weighted by Gasteiger charge is -2.47. The van der Waals surface area contributed by atoms with Gasteiger partial charge in [-0.25, -0.2) is 0 Å². The summed E-state index contributed by atoms with van der Waals surface area (Å²) < 4.78 is 7.04. The topological polar surface area (TPSA) is 50.3 Å². The van der Waals surface area contributed by atoms with Gasteiger partial charge in [0.15, 0.2) is 0 Å². The first-order valence-corrected chi connectivity index (χ1v) is 11.0. The maximum atomic E-state index is 12.4. The van der Waals surface area contributed by atoms with Gasteiger partial charge >= 0.3 is 0 Å². The molecule has 5 rings (SSSR count). The lowest BCUT2D eigenvalue weighted by atomic mass is 9.87. The molecule has 0 atom stereocenters. The van der Waals surface area contributed by atoms with Crippen molar-refractivity contribution < 1.29 is 4.74 Å². The molecule has 2 fully saturated rings. The molecule has 0 bridgehead atoms. The van der Waals surface area contributed by atoms with Crippen LogP contribution in [0.15, 0.2) is 29.2 Å². The van der Waals surface area contributed by atoms with E-state index in [9.17, 15) is 4.79 Å². The Balaban J connectivity index is 1.57. The molecule has 0 radical (unpaired) electrons. The second kappa shape index (κ2) is 7.10. The second-order valence-electron chi connectivity index (χ2n) is 9.42. The normalized spacial score (nSPS) is 18.2. The first-order chi connectivity index (χ1) is 14.3. The van der Waals surface area contributed by atoms with Gasteiger partial charge in [-0.15, -0.1) is 0 Å². The molecule has 5 nitrogen and oxygen atoms in total. The minimum Gasteiger partial charge on any atom is -0.378 e. The number of aromatic nitrogens is 2. The van der Waals surface area contributed by atoms with Crippen LogP contribution >= 0.6 is 0 Å². The molecule has 2 aliphatic rings. The van der Waals surface area contributed by atoms with E-state index in [0.717, 1.165) is 48.7 Å². The quantitative estimate of drug-likeness (QED) is 0.712. The molecule has 2 saturated heterocycles. The van der Waals surface area contributed by atoms with Crippen LogP contribution in [-0.2, 0) is 11.8 Å². The van der Waals surface area contributed by atoms with Crippen molar-refractivity contribution in [1.82, 2.24) is 14.5 Å². The van der Waals surface area contributed by atoms with Crippen molar-refractivity contribution in [3.63, 3.8) is 0 Å². The molecule has 0 amide bonds. The Morgan fingerprint density at radius 2 is 1.87 bits per heavy atom. The molecule has 3 aromatic rings. The average Bonchev–Trinajstić information content (AvgIpc) is 3.02. The van der Waals surface area contributed by atoms with E-state index in [0.29, 0.717) is 17.9 Å². The SMILES string of the molecule is Cc1c(-c2[nH]c3ccc(C4CN(C5COC5)C4)cc3c2C(C)C)cn(C)c(=O)c1C. The van der Waals surface area contributed by atoms with Crippen LogP contribution in [0.5, 0.6) is 0 Å². The molecule has 1 N–H and O–H groups in total. The van der Waals surface area contributed by atoms with Gasteiger partial charge in [-0.05, 0) is 48.6 Å². The van der Waals surface area contributed by atoms with Gasteiger partial charge in [0, 0.05) is 54.3 Å². The van der Waals surface area contributed by atoms with Crippen LogP contribution in [0.3, 0.4) is 0 Å². The fourth-order valence-corrected chi connectivity index (χ4v) is 4.98. The molecule has 4 heterocycles. The van der Waals surface area contributed by atoms with E-state index in [1.807, 2.05) is 20.2 Å². The fraction of sp³-hybridized carbons (Fsp3) is 0.480. The number of nitrogens with zero attached hydrogens (tertiary/aromatic N) is 2. The summed E-state index contributed by atoms with van der Waals surface area (Å²) >= 11 is 0. The van der Waals surface area contributed by atoms with Crippen LogP contribution in [0.4, 0.5) is 0 Å². The van der Waals surface area contributed by atoms with Crippen LogP contribution in [0.2, 0.25) is 0 Å². The lowest BCUT2D eigenvalue weighted by molar-refractivity contribution is -0.0905. The highest BCUT2D eigenvalue weighted by molar-refractivity contribution is 5.92. The smallest absolute Gasteiger partial charge is 0.253 e. The number of nitrogens with one attached hydrogen (secondary N) is 1. The minimum absolute atomic E-state index is 0.0761. The molecule has 0 saturated carbocycles. The van der Waals surface area contributed by atoms with E-state index in [1.165, 1.54) is 22.0 Å². The van der Waals surface area contributed by atoms with Gasteiger partial charge < -0.3 is 14.3 Å². The van der Waals surface area contributed by atoms with Crippen molar-refractivity contribution in [2.24, 2.45) is 7.05 Å². The van der Waals surface area contributed by atoms with Gasteiger partial charge in [-0.2, -0.15) is 0 Å². The Labute approximate surface area is 177 Å². The molecule has 0 aliphatic carbocycles. The zero-order valence-electron chi connectivity index (χ0n) is 18.6. The van der Waals surface area contributed by atoms with Crippen molar-refractivity contribution in [1.29, 1.82) is 0 Å². The number of pyridine rings is 1. The van der Waals surface area contributed by atoms with Gasteiger partial charge in [0.2, 0.25) is 0 Å². The van der Waals surface area contributed by atoms with Crippen molar-refractivity contribution >= 4 is 10.9 Å². The summed E-state index contributed by atoms with van der Waals surface area (Å²) in [5.74, 6) is 0.987. The lowest BCUT2D eigenvalue weighted by Crippen LogP contribution is -2.58. The monoisotopic (exact) mass is 405 g/mol. The number of aryl methyl sites for hydroxylation is 1. The third-order valence-corrected chi connectivity index (χ3v) is 7.16. The zero-order chi connectivity index (χ0) is 21.2. The Morgan fingerprint density at radius 3 is 2.50 bits per heavy atom. The van der Waals surface area contributed by atoms with Gasteiger partial charge in [-0.1, -0.05) is 19.9 Å². The van der Waals surface area contributed by atoms with E-state index >= 15 is 0 Å². The van der Waals surface area contributed by atoms with E-state index < -0.39 is 0 Å². The predicted octanol–water partition coefficient (Wildman–Crippen LogP) is 4.07. The molecule has 30 heavy (non-hydrogen) atoms. The summed E-state index contributed by atoms with van der Waals surface area (Å²) in [7, 11) is 1.84. The molecule has 0 unspecified atom stereocenters. The van der Waals surface area contributed by atoms with Crippen LogP contribution in [-0.4, -0.2) is 46.8 Å². The Hall–Kier alpha value is -2.37. The standard InChI is InChI=1S/C25H31N3O2/c1-14(2)23-20-8-17(18-9-28(10-18)19-12-30-13-19)6-7-22(20)26-24(23)21-11-27(5)25(29)16(4)15(21)3/h6-8,11,14,18-19,26H,9-10,12-13H2,1-5H3. The van der Waals surface area contributed by atoms with Crippen LogP contribution in [0.25, 0.3) is 22.2 Å². The van der Waals surface area contributed by atoms with Gasteiger partial charge in [0.05, 0.1) is 24.9 Å². The van der Waals surface area contributed by atoms with Crippen LogP contribution in [0, 0.1) is 13.8 Å². The van der Waals surface area contributed by atoms with E-state index in [4.69, 9.17) is 4.74 Å². The maximum Gasteiger partial charge on any atom is 0.253 e. The fourth-order valence-electron chi connectivity index (χ4n) is 4.98. The maximum absolute atomic E-state index is 12.4. The molecule has 2 aromatic heterocycles. The minimum atomic E-state index is 0.0761. The van der Waals surface area contributed by atoms with Crippen molar-refractivity contribution in [3.05, 3.63) is 57.0 Å². The molecule has 0 spiro atoms. The molecular weight excluding hydrogens is 374 g/mol. The van der Waals surface area contributed by atoms with Gasteiger partial charge in [0.1, 0.15) is 0 Å². The summed E-state index contributed by atoms with van der Waals surface area (Å²) in [4.78, 5) is 18.6. The molecule has 5 heteroatoms. The second-order valence-corrected chi connectivity index (χ2v) is 9.42. The Kier molecular flexibility index (Phi) is 4.64. The van der Waals surface area contributed by atoms with Crippen LogP contribution < -0.4 is 5.56 Å². The number of ether oxygens (including phenoxy) is 1. The largest absolute Gasteiger partial charge is 0.378 e. The number of aromatic amines is 1. The molecule has 1 aromatic carbocycles. The number of hydrogen-bond donors (Lipinski definition) is 1. The Morgan fingerprint density at radius 1 is 1.13 bits per heavy atom. The van der Waals surface area contributed by atoms with Crippen LogP contribution in [0.1, 0.15) is 47.9 Å². The number of fused-ring (bicyclic) bond motifs is 1. The highest BCUT2D eigenvalue weighted by atomic mass is 16.5. The molecule has 158 valence electrons. The highest BCUT2D eigenvalue weighted by Crippen LogP contribution is 2.39. The third kappa shape index (κ3) is 2.95. The Bertz CT molecular complexity index is 1180. The number of hydrogen-bond acceptors (Lipinski definition) is 3. The van der Waals surface area contributed by atoms with E-state index in [1.54, 1.807) is 4.57 Å². The number of likely N-dealkylation sites (tertiary alicyclic amines) is 1. The first-order valence-electron chi connectivity index (χ1n) is 11.0. The van der Waals surface area contributed by atoms with Gasteiger partial charge in [0.25, 0.3) is 5.56 Å².